The zero-order valence-corrected chi connectivity index (χ0v) is 21.6. The SMILES string of the molecule is CCn1cc(C(=O)N(C)Cc2ccccc2)c(=O)c2cc(S(=O)(=O)N3C[C@@H](C)C[C@H](C)C3)ccc21. The molecule has 35 heavy (non-hydrogen) atoms. The van der Waals surface area contributed by atoms with Gasteiger partial charge in [-0.1, -0.05) is 44.2 Å². The first-order valence-electron chi connectivity index (χ1n) is 12.1. The number of fused-ring (bicyclic) bond motifs is 1. The van der Waals surface area contributed by atoms with E-state index in [1.165, 1.54) is 15.3 Å². The van der Waals surface area contributed by atoms with Crippen molar-refractivity contribution in [3.8, 4) is 0 Å². The Morgan fingerprint density at radius 3 is 2.34 bits per heavy atom. The summed E-state index contributed by atoms with van der Waals surface area (Å²) in [5.74, 6) is 0.154. The molecule has 0 aliphatic carbocycles. The number of piperidine rings is 1. The zero-order valence-electron chi connectivity index (χ0n) is 20.8. The summed E-state index contributed by atoms with van der Waals surface area (Å²) >= 11 is 0. The van der Waals surface area contributed by atoms with E-state index in [9.17, 15) is 18.0 Å². The lowest BCUT2D eigenvalue weighted by atomic mass is 9.94. The van der Waals surface area contributed by atoms with Gasteiger partial charge in [-0.25, -0.2) is 8.42 Å². The highest BCUT2D eigenvalue weighted by atomic mass is 32.2. The van der Waals surface area contributed by atoms with E-state index in [4.69, 9.17) is 0 Å². The number of hydrogen-bond acceptors (Lipinski definition) is 4. The number of aromatic nitrogens is 1. The number of rotatable bonds is 6. The van der Waals surface area contributed by atoms with Gasteiger partial charge in [-0.2, -0.15) is 4.31 Å². The molecule has 0 saturated carbocycles. The molecule has 1 aliphatic heterocycles. The summed E-state index contributed by atoms with van der Waals surface area (Å²) in [5.41, 5.74) is 1.15. The monoisotopic (exact) mass is 495 g/mol. The molecule has 7 nitrogen and oxygen atoms in total. The highest BCUT2D eigenvalue weighted by molar-refractivity contribution is 7.89. The van der Waals surface area contributed by atoms with Gasteiger partial charge in [-0.3, -0.25) is 9.59 Å². The predicted molar refractivity (Wildman–Crippen MR) is 138 cm³/mol. The molecule has 2 atom stereocenters. The minimum atomic E-state index is -3.76. The lowest BCUT2D eigenvalue weighted by Gasteiger charge is -2.34. The second-order valence-corrected chi connectivity index (χ2v) is 11.7. The minimum absolute atomic E-state index is 0.0348. The third kappa shape index (κ3) is 5.04. The van der Waals surface area contributed by atoms with Crippen molar-refractivity contribution in [2.75, 3.05) is 20.1 Å². The fourth-order valence-corrected chi connectivity index (χ4v) is 6.74. The molecule has 1 fully saturated rings. The standard InChI is InChI=1S/C27H33N3O4S/c1-5-29-18-24(27(32)28(4)17-21-9-7-6-8-10-21)26(31)23-14-22(11-12-25(23)29)35(33,34)30-15-19(2)13-20(3)16-30/h6-12,14,18-20H,5,13,15-17H2,1-4H3/t19-,20-/m0/s1. The van der Waals surface area contributed by atoms with E-state index in [0.717, 1.165) is 12.0 Å². The van der Waals surface area contributed by atoms with Crippen LogP contribution >= 0.6 is 0 Å². The molecular formula is C27H33N3O4S. The number of carbonyl (C=O) groups excluding carboxylic acids is 1. The van der Waals surface area contributed by atoms with Gasteiger partial charge in [0, 0.05) is 44.8 Å². The Labute approximate surface area is 207 Å². The van der Waals surface area contributed by atoms with Gasteiger partial charge in [-0.05, 0) is 48.9 Å². The summed E-state index contributed by atoms with van der Waals surface area (Å²) in [4.78, 5) is 28.4. The molecule has 4 rings (SSSR count). The van der Waals surface area contributed by atoms with Crippen LogP contribution in [0.15, 0.2) is 64.4 Å². The third-order valence-corrected chi connectivity index (χ3v) is 8.53. The maximum Gasteiger partial charge on any atom is 0.259 e. The first-order valence-corrected chi connectivity index (χ1v) is 13.5. The zero-order chi connectivity index (χ0) is 25.3. The van der Waals surface area contributed by atoms with E-state index in [0.29, 0.717) is 31.7 Å². The molecule has 2 aromatic carbocycles. The van der Waals surface area contributed by atoms with E-state index in [1.807, 2.05) is 41.8 Å². The first-order chi connectivity index (χ1) is 16.6. The van der Waals surface area contributed by atoms with Gasteiger partial charge < -0.3 is 9.47 Å². The quantitative estimate of drug-likeness (QED) is 0.519. The van der Waals surface area contributed by atoms with Crippen LogP contribution in [0.2, 0.25) is 0 Å². The van der Waals surface area contributed by atoms with Crippen LogP contribution < -0.4 is 5.43 Å². The van der Waals surface area contributed by atoms with Crippen molar-refractivity contribution in [2.45, 2.75) is 45.2 Å². The average Bonchev–Trinajstić information content (AvgIpc) is 2.83. The first kappa shape index (κ1) is 25.1. The van der Waals surface area contributed by atoms with Crippen LogP contribution in [0, 0.1) is 11.8 Å². The molecule has 3 aromatic rings. The predicted octanol–water partition coefficient (Wildman–Crippen LogP) is 3.96. The normalized spacial score (nSPS) is 19.1. The number of hydrogen-bond donors (Lipinski definition) is 0. The van der Waals surface area contributed by atoms with Gasteiger partial charge in [-0.15, -0.1) is 0 Å². The van der Waals surface area contributed by atoms with Crippen molar-refractivity contribution in [2.24, 2.45) is 11.8 Å². The number of carbonyl (C=O) groups is 1. The summed E-state index contributed by atoms with van der Waals surface area (Å²) in [6.07, 6.45) is 2.57. The van der Waals surface area contributed by atoms with Gasteiger partial charge in [0.2, 0.25) is 15.5 Å². The maximum absolute atomic E-state index is 13.5. The van der Waals surface area contributed by atoms with Crippen LogP contribution in [0.4, 0.5) is 0 Å². The van der Waals surface area contributed by atoms with Crippen LogP contribution in [-0.4, -0.2) is 48.2 Å². The van der Waals surface area contributed by atoms with Crippen molar-refractivity contribution in [3.05, 3.63) is 76.1 Å². The topological polar surface area (TPSA) is 79.7 Å². The minimum Gasteiger partial charge on any atom is -0.347 e. The van der Waals surface area contributed by atoms with Crippen LogP contribution in [0.25, 0.3) is 10.9 Å². The summed E-state index contributed by atoms with van der Waals surface area (Å²) in [5, 5.41) is 0.241. The Morgan fingerprint density at radius 1 is 1.06 bits per heavy atom. The van der Waals surface area contributed by atoms with Crippen molar-refractivity contribution in [3.63, 3.8) is 0 Å². The van der Waals surface area contributed by atoms with Gasteiger partial charge in [0.15, 0.2) is 0 Å². The van der Waals surface area contributed by atoms with E-state index in [2.05, 4.69) is 13.8 Å². The molecule has 1 amide bonds. The molecule has 0 unspecified atom stereocenters. The lowest BCUT2D eigenvalue weighted by Crippen LogP contribution is -2.42. The van der Waals surface area contributed by atoms with Gasteiger partial charge in [0.25, 0.3) is 5.91 Å². The molecule has 0 radical (unpaired) electrons. The Hall–Kier alpha value is -2.97. The van der Waals surface area contributed by atoms with Gasteiger partial charge in [0.05, 0.1) is 10.4 Å². The molecule has 1 saturated heterocycles. The maximum atomic E-state index is 13.5. The van der Waals surface area contributed by atoms with Crippen molar-refractivity contribution in [1.82, 2.24) is 13.8 Å². The Balaban J connectivity index is 1.75. The van der Waals surface area contributed by atoms with E-state index >= 15 is 0 Å². The van der Waals surface area contributed by atoms with Crippen LogP contribution in [0.1, 0.15) is 43.1 Å². The summed E-state index contributed by atoms with van der Waals surface area (Å²) in [6.45, 7) is 7.87. The Morgan fingerprint density at radius 2 is 1.71 bits per heavy atom. The van der Waals surface area contributed by atoms with Gasteiger partial charge in [0.1, 0.15) is 5.56 Å². The molecule has 0 bridgehead atoms. The average molecular weight is 496 g/mol. The van der Waals surface area contributed by atoms with Crippen molar-refractivity contribution >= 4 is 26.8 Å². The fourth-order valence-electron chi connectivity index (χ4n) is 5.04. The molecule has 0 spiro atoms. The molecule has 2 heterocycles. The summed E-state index contributed by atoms with van der Waals surface area (Å²) in [7, 11) is -2.09. The Bertz CT molecular complexity index is 1390. The fraction of sp³-hybridized carbons (Fsp3) is 0.407. The van der Waals surface area contributed by atoms with E-state index in [1.54, 1.807) is 25.4 Å². The van der Waals surface area contributed by atoms with Crippen LogP contribution in [-0.2, 0) is 23.1 Å². The van der Waals surface area contributed by atoms with Crippen LogP contribution in [0.3, 0.4) is 0 Å². The largest absolute Gasteiger partial charge is 0.347 e. The number of nitrogens with zero attached hydrogens (tertiary/aromatic N) is 3. The highest BCUT2D eigenvalue weighted by Gasteiger charge is 2.32. The highest BCUT2D eigenvalue weighted by Crippen LogP contribution is 2.28. The molecule has 0 N–H and O–H groups in total. The van der Waals surface area contributed by atoms with Gasteiger partial charge >= 0.3 is 0 Å². The summed E-state index contributed by atoms with van der Waals surface area (Å²) < 4.78 is 30.3. The number of aryl methyl sites for hydroxylation is 1. The number of amides is 1. The number of sulfonamides is 1. The summed E-state index contributed by atoms with van der Waals surface area (Å²) in [6, 6.07) is 14.2. The number of benzene rings is 2. The second-order valence-electron chi connectivity index (χ2n) is 9.75. The van der Waals surface area contributed by atoms with Crippen molar-refractivity contribution < 1.29 is 13.2 Å². The third-order valence-electron chi connectivity index (χ3n) is 6.71. The lowest BCUT2D eigenvalue weighted by molar-refractivity contribution is 0.0783. The smallest absolute Gasteiger partial charge is 0.259 e. The van der Waals surface area contributed by atoms with Crippen LogP contribution in [0.5, 0.6) is 0 Å². The molecule has 1 aliphatic rings. The van der Waals surface area contributed by atoms with E-state index < -0.39 is 21.4 Å². The molecule has 186 valence electrons. The second kappa shape index (κ2) is 9.95. The van der Waals surface area contributed by atoms with E-state index in [-0.39, 0.29) is 27.7 Å². The molecule has 1 aromatic heterocycles. The number of pyridine rings is 1. The molecular weight excluding hydrogens is 462 g/mol. The van der Waals surface area contributed by atoms with Crippen molar-refractivity contribution in [1.29, 1.82) is 0 Å². The molecule has 8 heteroatoms. The Kier molecular flexibility index (Phi) is 7.15.